The number of amides is 1. The Bertz CT molecular complexity index is 704. The minimum Gasteiger partial charge on any atom is -0.491 e. The van der Waals surface area contributed by atoms with Gasteiger partial charge in [-0.2, -0.15) is 4.98 Å². The Hall–Kier alpha value is -2.44. The number of ether oxygens (including phenoxy) is 1. The third-order valence-electron chi connectivity index (χ3n) is 4.04. The number of para-hydroxylation sites is 1. The maximum atomic E-state index is 13.4. The van der Waals surface area contributed by atoms with Crippen LogP contribution in [0.15, 0.2) is 28.8 Å². The van der Waals surface area contributed by atoms with Crippen LogP contribution < -0.4 is 4.74 Å². The molecule has 1 atom stereocenters. The van der Waals surface area contributed by atoms with Crippen LogP contribution in [0.5, 0.6) is 5.75 Å². The monoisotopic (exact) mass is 333 g/mol. The third kappa shape index (κ3) is 3.72. The summed E-state index contributed by atoms with van der Waals surface area (Å²) >= 11 is 0. The summed E-state index contributed by atoms with van der Waals surface area (Å²) < 4.78 is 23.8. The number of rotatable bonds is 6. The van der Waals surface area contributed by atoms with Crippen molar-refractivity contribution in [3.63, 3.8) is 0 Å². The molecule has 0 aliphatic carbocycles. The van der Waals surface area contributed by atoms with Gasteiger partial charge in [0.2, 0.25) is 11.8 Å². The molecular formula is C17H20FN3O3. The van der Waals surface area contributed by atoms with Gasteiger partial charge < -0.3 is 14.2 Å². The highest BCUT2D eigenvalue weighted by Crippen LogP contribution is 2.30. The average Bonchev–Trinajstić information content (AvgIpc) is 3.21. The highest BCUT2D eigenvalue weighted by atomic mass is 19.1. The second-order valence-electron chi connectivity index (χ2n) is 5.80. The van der Waals surface area contributed by atoms with Crippen molar-refractivity contribution in [2.24, 2.45) is 0 Å². The summed E-state index contributed by atoms with van der Waals surface area (Å²) in [5, 5.41) is 3.93. The van der Waals surface area contributed by atoms with E-state index in [1.807, 2.05) is 0 Å². The molecule has 1 saturated heterocycles. The van der Waals surface area contributed by atoms with Gasteiger partial charge in [-0.1, -0.05) is 17.3 Å². The van der Waals surface area contributed by atoms with E-state index < -0.39 is 5.82 Å². The van der Waals surface area contributed by atoms with Crippen molar-refractivity contribution in [2.45, 2.75) is 38.6 Å². The van der Waals surface area contributed by atoms with Crippen LogP contribution in [0.4, 0.5) is 4.39 Å². The largest absolute Gasteiger partial charge is 0.491 e. The molecule has 1 aliphatic rings. The number of hydrogen-bond donors (Lipinski definition) is 0. The van der Waals surface area contributed by atoms with Crippen molar-refractivity contribution in [2.75, 3.05) is 13.2 Å². The van der Waals surface area contributed by atoms with E-state index in [9.17, 15) is 9.18 Å². The topological polar surface area (TPSA) is 68.5 Å². The lowest BCUT2D eigenvalue weighted by atomic mass is 10.2. The SMILES string of the molecule is Cc1nc(C2CCCN2C(=O)CCCOc2ccccc2F)no1. The number of aryl methyl sites for hydroxylation is 1. The van der Waals surface area contributed by atoms with Gasteiger partial charge in [-0.3, -0.25) is 4.79 Å². The number of likely N-dealkylation sites (tertiary alicyclic amines) is 1. The molecule has 1 amide bonds. The van der Waals surface area contributed by atoms with Gasteiger partial charge in [-0.05, 0) is 31.4 Å². The zero-order valence-corrected chi connectivity index (χ0v) is 13.6. The number of carbonyl (C=O) groups is 1. The molecule has 128 valence electrons. The number of nitrogens with zero attached hydrogens (tertiary/aromatic N) is 3. The number of aromatic nitrogens is 2. The zero-order chi connectivity index (χ0) is 16.9. The van der Waals surface area contributed by atoms with E-state index in [1.54, 1.807) is 30.0 Å². The van der Waals surface area contributed by atoms with Crippen molar-refractivity contribution in [1.29, 1.82) is 0 Å². The first-order valence-corrected chi connectivity index (χ1v) is 8.12. The first-order chi connectivity index (χ1) is 11.6. The zero-order valence-electron chi connectivity index (χ0n) is 13.6. The van der Waals surface area contributed by atoms with Crippen LogP contribution in [-0.2, 0) is 4.79 Å². The quantitative estimate of drug-likeness (QED) is 0.760. The molecule has 6 nitrogen and oxygen atoms in total. The molecule has 1 aromatic carbocycles. The van der Waals surface area contributed by atoms with Crippen molar-refractivity contribution in [1.82, 2.24) is 15.0 Å². The van der Waals surface area contributed by atoms with E-state index in [4.69, 9.17) is 9.26 Å². The van der Waals surface area contributed by atoms with E-state index in [2.05, 4.69) is 10.1 Å². The molecule has 1 aliphatic heterocycles. The summed E-state index contributed by atoms with van der Waals surface area (Å²) in [4.78, 5) is 18.5. The molecule has 1 aromatic heterocycles. The van der Waals surface area contributed by atoms with Gasteiger partial charge in [0.15, 0.2) is 17.4 Å². The summed E-state index contributed by atoms with van der Waals surface area (Å²) in [6.45, 7) is 2.73. The minimum atomic E-state index is -0.393. The smallest absolute Gasteiger partial charge is 0.223 e. The first kappa shape index (κ1) is 16.4. The lowest BCUT2D eigenvalue weighted by molar-refractivity contribution is -0.132. The van der Waals surface area contributed by atoms with E-state index in [0.29, 0.717) is 37.7 Å². The Morgan fingerprint density at radius 1 is 1.46 bits per heavy atom. The van der Waals surface area contributed by atoms with Crippen LogP contribution in [0.25, 0.3) is 0 Å². The average molecular weight is 333 g/mol. The van der Waals surface area contributed by atoms with Gasteiger partial charge in [0.1, 0.15) is 0 Å². The Morgan fingerprint density at radius 3 is 3.04 bits per heavy atom. The third-order valence-corrected chi connectivity index (χ3v) is 4.04. The van der Waals surface area contributed by atoms with Crippen molar-refractivity contribution < 1.29 is 18.4 Å². The fourth-order valence-electron chi connectivity index (χ4n) is 2.89. The van der Waals surface area contributed by atoms with E-state index in [-0.39, 0.29) is 17.7 Å². The van der Waals surface area contributed by atoms with Crippen LogP contribution in [-0.4, -0.2) is 34.1 Å². The van der Waals surface area contributed by atoms with Crippen LogP contribution in [0.3, 0.4) is 0 Å². The van der Waals surface area contributed by atoms with Gasteiger partial charge in [0.25, 0.3) is 0 Å². The molecule has 0 bridgehead atoms. The van der Waals surface area contributed by atoms with Crippen LogP contribution >= 0.6 is 0 Å². The molecule has 2 heterocycles. The van der Waals surface area contributed by atoms with Gasteiger partial charge in [0.05, 0.1) is 12.6 Å². The van der Waals surface area contributed by atoms with Crippen molar-refractivity contribution in [3.8, 4) is 5.75 Å². The predicted molar refractivity (Wildman–Crippen MR) is 83.9 cm³/mol. The molecular weight excluding hydrogens is 313 g/mol. The predicted octanol–water partition coefficient (Wildman–Crippen LogP) is 3.04. The number of carbonyl (C=O) groups excluding carboxylic acids is 1. The highest BCUT2D eigenvalue weighted by Gasteiger charge is 2.32. The van der Waals surface area contributed by atoms with Crippen LogP contribution in [0.1, 0.15) is 43.4 Å². The Morgan fingerprint density at radius 2 is 2.29 bits per heavy atom. The first-order valence-electron chi connectivity index (χ1n) is 8.12. The lowest BCUT2D eigenvalue weighted by Crippen LogP contribution is -2.31. The van der Waals surface area contributed by atoms with Crippen LogP contribution in [0.2, 0.25) is 0 Å². The number of hydrogen-bond acceptors (Lipinski definition) is 5. The standard InChI is InChI=1S/C17H20FN3O3/c1-12-19-17(20-24-12)14-7-4-10-21(14)16(22)9-5-11-23-15-8-3-2-6-13(15)18/h2-3,6,8,14H,4-5,7,9-11H2,1H3. The molecule has 1 fully saturated rings. The molecule has 2 aromatic rings. The molecule has 0 saturated carbocycles. The van der Waals surface area contributed by atoms with E-state index in [1.165, 1.54) is 6.07 Å². The second kappa shape index (κ2) is 7.42. The fourth-order valence-corrected chi connectivity index (χ4v) is 2.89. The number of benzene rings is 1. The number of halogens is 1. The Kier molecular flexibility index (Phi) is 5.08. The Labute approximate surface area is 139 Å². The Balaban J connectivity index is 1.49. The summed E-state index contributed by atoms with van der Waals surface area (Å²) in [6.07, 6.45) is 2.65. The van der Waals surface area contributed by atoms with E-state index in [0.717, 1.165) is 12.8 Å². The summed E-state index contributed by atoms with van der Waals surface area (Å²) in [5.74, 6) is 0.933. The fraction of sp³-hybridized carbons (Fsp3) is 0.471. The molecule has 0 radical (unpaired) electrons. The summed E-state index contributed by atoms with van der Waals surface area (Å²) in [7, 11) is 0. The summed E-state index contributed by atoms with van der Waals surface area (Å²) in [5.41, 5.74) is 0. The lowest BCUT2D eigenvalue weighted by Gasteiger charge is -2.22. The van der Waals surface area contributed by atoms with E-state index >= 15 is 0 Å². The highest BCUT2D eigenvalue weighted by molar-refractivity contribution is 5.76. The maximum Gasteiger partial charge on any atom is 0.223 e. The molecule has 0 spiro atoms. The van der Waals surface area contributed by atoms with Crippen molar-refractivity contribution >= 4 is 5.91 Å². The molecule has 0 N–H and O–H groups in total. The maximum absolute atomic E-state index is 13.4. The minimum absolute atomic E-state index is 0.0390. The van der Waals surface area contributed by atoms with Gasteiger partial charge in [-0.25, -0.2) is 4.39 Å². The summed E-state index contributed by atoms with van der Waals surface area (Å²) in [6, 6.07) is 6.14. The molecule has 7 heteroatoms. The molecule has 24 heavy (non-hydrogen) atoms. The second-order valence-corrected chi connectivity index (χ2v) is 5.80. The van der Waals surface area contributed by atoms with Crippen molar-refractivity contribution in [3.05, 3.63) is 41.8 Å². The van der Waals surface area contributed by atoms with Gasteiger partial charge >= 0.3 is 0 Å². The van der Waals surface area contributed by atoms with Gasteiger partial charge in [-0.15, -0.1) is 0 Å². The van der Waals surface area contributed by atoms with Gasteiger partial charge in [0, 0.05) is 19.9 Å². The van der Waals surface area contributed by atoms with Crippen LogP contribution in [0, 0.1) is 12.7 Å². The molecule has 1 unspecified atom stereocenters. The normalized spacial score (nSPS) is 17.2. The molecule has 3 rings (SSSR count).